The SMILES string of the molecule is CC(N[S+]([O-])C(C)(C)C)c1cccc(OC(F)F)c1. The third-order valence-corrected chi connectivity index (χ3v) is 4.10. The molecule has 0 saturated heterocycles. The number of nitrogens with one attached hydrogen (secondary N) is 1. The predicted molar refractivity (Wildman–Crippen MR) is 72.5 cm³/mol. The van der Waals surface area contributed by atoms with Crippen molar-refractivity contribution in [2.45, 2.75) is 45.1 Å². The van der Waals surface area contributed by atoms with Gasteiger partial charge in [-0.05, 0) is 45.4 Å². The summed E-state index contributed by atoms with van der Waals surface area (Å²) in [4.78, 5) is 0. The van der Waals surface area contributed by atoms with Crippen molar-refractivity contribution in [1.29, 1.82) is 0 Å². The van der Waals surface area contributed by atoms with Gasteiger partial charge in [-0.25, -0.2) is 0 Å². The Bertz CT molecular complexity index is 410. The molecule has 2 unspecified atom stereocenters. The van der Waals surface area contributed by atoms with Crippen molar-refractivity contribution in [3.63, 3.8) is 0 Å². The van der Waals surface area contributed by atoms with Crippen LogP contribution in [0.1, 0.15) is 39.3 Å². The molecule has 0 aliphatic carbocycles. The summed E-state index contributed by atoms with van der Waals surface area (Å²) in [5, 5.41) is 0. The molecule has 19 heavy (non-hydrogen) atoms. The summed E-state index contributed by atoms with van der Waals surface area (Å²) >= 11 is -1.22. The topological polar surface area (TPSA) is 44.3 Å². The molecule has 1 aromatic carbocycles. The molecule has 0 bridgehead atoms. The number of benzene rings is 1. The van der Waals surface area contributed by atoms with Gasteiger partial charge < -0.3 is 9.29 Å². The number of hydrogen-bond donors (Lipinski definition) is 1. The quantitative estimate of drug-likeness (QED) is 0.846. The molecule has 0 radical (unpaired) electrons. The Balaban J connectivity index is 2.74. The van der Waals surface area contributed by atoms with Gasteiger partial charge in [0.15, 0.2) is 0 Å². The van der Waals surface area contributed by atoms with Crippen molar-refractivity contribution in [3.8, 4) is 5.75 Å². The van der Waals surface area contributed by atoms with Crippen molar-refractivity contribution in [2.75, 3.05) is 0 Å². The van der Waals surface area contributed by atoms with E-state index >= 15 is 0 Å². The van der Waals surface area contributed by atoms with E-state index in [0.29, 0.717) is 0 Å². The highest BCUT2D eigenvalue weighted by Crippen LogP contribution is 2.23. The van der Waals surface area contributed by atoms with E-state index in [1.807, 2.05) is 27.7 Å². The van der Waals surface area contributed by atoms with Crippen LogP contribution in [0, 0.1) is 0 Å². The summed E-state index contributed by atoms with van der Waals surface area (Å²) in [6, 6.07) is 6.16. The van der Waals surface area contributed by atoms with Crippen molar-refractivity contribution < 1.29 is 18.1 Å². The second-order valence-corrected chi connectivity index (χ2v) is 7.17. The normalized spacial score (nSPS) is 15.4. The fourth-order valence-corrected chi connectivity index (χ4v) is 2.18. The van der Waals surface area contributed by atoms with Gasteiger partial charge in [-0.1, -0.05) is 12.1 Å². The van der Waals surface area contributed by atoms with Gasteiger partial charge in [0, 0.05) is 11.4 Å². The molecule has 108 valence electrons. The standard InChI is InChI=1S/C13H19F2NO2S/c1-9(16-19(17)13(2,3)4)10-6-5-7-11(8-10)18-12(14)15/h5-9,12,16H,1-4H3. The van der Waals surface area contributed by atoms with Crippen LogP contribution in [0.15, 0.2) is 24.3 Å². The molecule has 0 saturated carbocycles. The lowest BCUT2D eigenvalue weighted by molar-refractivity contribution is -0.0499. The van der Waals surface area contributed by atoms with E-state index in [4.69, 9.17) is 0 Å². The minimum absolute atomic E-state index is 0.0997. The lowest BCUT2D eigenvalue weighted by Gasteiger charge is -2.26. The van der Waals surface area contributed by atoms with E-state index in [9.17, 15) is 13.3 Å². The first kappa shape index (κ1) is 16.2. The lowest BCUT2D eigenvalue weighted by Crippen LogP contribution is -2.40. The molecule has 0 aromatic heterocycles. The molecule has 3 nitrogen and oxygen atoms in total. The number of alkyl halides is 2. The molecule has 1 rings (SSSR count). The summed E-state index contributed by atoms with van der Waals surface area (Å²) in [6.45, 7) is 4.56. The molecule has 1 N–H and O–H groups in total. The van der Waals surface area contributed by atoms with Gasteiger partial charge in [-0.15, -0.1) is 4.72 Å². The number of ether oxygens (including phenoxy) is 1. The summed E-state index contributed by atoms with van der Waals surface area (Å²) in [5.74, 6) is 0.0997. The zero-order valence-corrected chi connectivity index (χ0v) is 12.3. The van der Waals surface area contributed by atoms with Gasteiger partial charge in [-0.2, -0.15) is 8.78 Å². The Morgan fingerprint density at radius 1 is 1.32 bits per heavy atom. The summed E-state index contributed by atoms with van der Waals surface area (Å²) < 4.78 is 43.1. The van der Waals surface area contributed by atoms with Crippen LogP contribution in [0.2, 0.25) is 0 Å². The average Bonchev–Trinajstić information content (AvgIpc) is 2.27. The van der Waals surface area contributed by atoms with Gasteiger partial charge in [-0.3, -0.25) is 0 Å². The van der Waals surface area contributed by atoms with Crippen LogP contribution >= 0.6 is 0 Å². The molecule has 0 aliphatic rings. The van der Waals surface area contributed by atoms with Gasteiger partial charge in [0.2, 0.25) is 0 Å². The van der Waals surface area contributed by atoms with Crippen LogP contribution in [0.5, 0.6) is 5.75 Å². The molecule has 2 atom stereocenters. The number of halogens is 2. The van der Waals surface area contributed by atoms with Crippen molar-refractivity contribution in [2.24, 2.45) is 0 Å². The lowest BCUT2D eigenvalue weighted by atomic mass is 10.1. The van der Waals surface area contributed by atoms with Crippen LogP contribution in [0.25, 0.3) is 0 Å². The van der Waals surface area contributed by atoms with Crippen LogP contribution in [-0.4, -0.2) is 15.9 Å². The highest BCUT2D eigenvalue weighted by atomic mass is 32.2. The van der Waals surface area contributed by atoms with Crippen LogP contribution in [0.4, 0.5) is 8.78 Å². The molecule has 1 aromatic rings. The zero-order valence-electron chi connectivity index (χ0n) is 11.4. The van der Waals surface area contributed by atoms with Crippen molar-refractivity contribution >= 4 is 11.4 Å². The van der Waals surface area contributed by atoms with Crippen LogP contribution in [-0.2, 0) is 11.4 Å². The Morgan fingerprint density at radius 3 is 2.47 bits per heavy atom. The first-order chi connectivity index (χ1) is 8.70. The zero-order chi connectivity index (χ0) is 14.6. The van der Waals surface area contributed by atoms with Gasteiger partial charge in [0.1, 0.15) is 10.5 Å². The molecule has 0 fully saturated rings. The fraction of sp³-hybridized carbons (Fsp3) is 0.538. The Labute approximate surface area is 115 Å². The molecule has 0 heterocycles. The molecular formula is C13H19F2NO2S. The van der Waals surface area contributed by atoms with E-state index in [2.05, 4.69) is 9.46 Å². The maximum atomic E-state index is 12.1. The molecule has 0 amide bonds. The second-order valence-electron chi connectivity index (χ2n) is 5.17. The molecule has 0 aliphatic heterocycles. The Hall–Kier alpha value is -0.850. The number of hydrogen-bond acceptors (Lipinski definition) is 3. The van der Waals surface area contributed by atoms with E-state index in [1.54, 1.807) is 12.1 Å². The smallest absolute Gasteiger partial charge is 0.387 e. The first-order valence-electron chi connectivity index (χ1n) is 5.93. The highest BCUT2D eigenvalue weighted by molar-refractivity contribution is 7.90. The third-order valence-electron chi connectivity index (χ3n) is 2.42. The minimum Gasteiger partial charge on any atom is -0.598 e. The molecule has 6 heteroatoms. The number of rotatable bonds is 5. The van der Waals surface area contributed by atoms with Crippen LogP contribution < -0.4 is 9.46 Å². The maximum Gasteiger partial charge on any atom is 0.387 e. The van der Waals surface area contributed by atoms with Gasteiger partial charge in [0.05, 0.1) is 6.04 Å². The van der Waals surface area contributed by atoms with E-state index in [0.717, 1.165) is 5.56 Å². The van der Waals surface area contributed by atoms with Crippen molar-refractivity contribution in [3.05, 3.63) is 29.8 Å². The summed E-state index contributed by atoms with van der Waals surface area (Å²) in [7, 11) is 0. The first-order valence-corrected chi connectivity index (χ1v) is 7.08. The Morgan fingerprint density at radius 2 is 1.95 bits per heavy atom. The average molecular weight is 291 g/mol. The predicted octanol–water partition coefficient (Wildman–Crippen LogP) is 3.40. The Kier molecular flexibility index (Phi) is 5.58. The highest BCUT2D eigenvalue weighted by Gasteiger charge is 2.28. The van der Waals surface area contributed by atoms with Crippen LogP contribution in [0.3, 0.4) is 0 Å². The molecule has 0 spiro atoms. The second kappa shape index (κ2) is 6.54. The van der Waals surface area contributed by atoms with E-state index < -0.39 is 18.0 Å². The minimum atomic E-state index is -2.85. The molecular weight excluding hydrogens is 272 g/mol. The van der Waals surface area contributed by atoms with E-state index in [1.165, 1.54) is 12.1 Å². The summed E-state index contributed by atoms with van der Waals surface area (Å²) in [6.07, 6.45) is 0. The monoisotopic (exact) mass is 291 g/mol. The van der Waals surface area contributed by atoms with E-state index in [-0.39, 0.29) is 16.5 Å². The third kappa shape index (κ3) is 5.34. The van der Waals surface area contributed by atoms with Crippen molar-refractivity contribution in [1.82, 2.24) is 4.72 Å². The van der Waals surface area contributed by atoms with Gasteiger partial charge in [0.25, 0.3) is 0 Å². The largest absolute Gasteiger partial charge is 0.598 e. The summed E-state index contributed by atoms with van der Waals surface area (Å²) in [5.41, 5.74) is 0.746. The van der Waals surface area contributed by atoms with Gasteiger partial charge >= 0.3 is 6.61 Å². The maximum absolute atomic E-state index is 12.1. The fourth-order valence-electron chi connectivity index (χ4n) is 1.37.